The van der Waals surface area contributed by atoms with E-state index >= 15 is 0 Å². The molecule has 0 aliphatic carbocycles. The van der Waals surface area contributed by atoms with Crippen LogP contribution in [-0.4, -0.2) is 36.7 Å². The molecule has 1 amide bonds. The van der Waals surface area contributed by atoms with Gasteiger partial charge >= 0.3 is 0 Å². The van der Waals surface area contributed by atoms with E-state index in [1.807, 2.05) is 0 Å². The molecule has 138 valence electrons. The van der Waals surface area contributed by atoms with Crippen LogP contribution in [0.2, 0.25) is 0 Å². The minimum Gasteiger partial charge on any atom is -0.321 e. The van der Waals surface area contributed by atoms with Crippen molar-refractivity contribution < 1.29 is 13.2 Å². The van der Waals surface area contributed by atoms with Gasteiger partial charge in [-0.25, -0.2) is 8.42 Å². The lowest BCUT2D eigenvalue weighted by molar-refractivity contribution is 0.102. The number of anilines is 1. The van der Waals surface area contributed by atoms with Crippen molar-refractivity contribution in [3.8, 4) is 0 Å². The highest BCUT2D eigenvalue weighted by molar-refractivity contribution is 7.89. The number of amides is 1. The van der Waals surface area contributed by atoms with Gasteiger partial charge in [-0.15, -0.1) is 0 Å². The molecule has 0 bridgehead atoms. The summed E-state index contributed by atoms with van der Waals surface area (Å²) in [5.74, 6) is 0.284. The SMILES string of the molecule is CC1CC(C)CN(S(=O)(=O)c2cccc(C(=O)Nc3cccnc3)c2)C1. The van der Waals surface area contributed by atoms with Crippen LogP contribution >= 0.6 is 0 Å². The number of sulfonamides is 1. The summed E-state index contributed by atoms with van der Waals surface area (Å²) in [5, 5.41) is 2.72. The summed E-state index contributed by atoms with van der Waals surface area (Å²) in [6.45, 7) is 5.16. The molecule has 7 heteroatoms. The molecule has 26 heavy (non-hydrogen) atoms. The number of hydrogen-bond donors (Lipinski definition) is 1. The molecule has 1 aromatic carbocycles. The number of aromatic nitrogens is 1. The highest BCUT2D eigenvalue weighted by atomic mass is 32.2. The second-order valence-corrected chi connectivity index (χ2v) is 8.93. The average molecular weight is 373 g/mol. The van der Waals surface area contributed by atoms with E-state index in [2.05, 4.69) is 24.1 Å². The largest absolute Gasteiger partial charge is 0.321 e. The third kappa shape index (κ3) is 4.11. The van der Waals surface area contributed by atoms with E-state index in [9.17, 15) is 13.2 Å². The molecule has 1 aliphatic rings. The molecule has 0 saturated carbocycles. The first-order chi connectivity index (χ1) is 12.4. The van der Waals surface area contributed by atoms with Crippen LogP contribution in [0.3, 0.4) is 0 Å². The van der Waals surface area contributed by atoms with Crippen LogP contribution in [0, 0.1) is 11.8 Å². The van der Waals surface area contributed by atoms with Gasteiger partial charge in [-0.05, 0) is 48.6 Å². The van der Waals surface area contributed by atoms with E-state index in [-0.39, 0.29) is 10.8 Å². The zero-order valence-electron chi connectivity index (χ0n) is 14.9. The summed E-state index contributed by atoms with van der Waals surface area (Å²) in [6, 6.07) is 9.62. The van der Waals surface area contributed by atoms with Gasteiger partial charge in [0.2, 0.25) is 10.0 Å². The number of nitrogens with one attached hydrogen (secondary N) is 1. The Kier molecular flexibility index (Phi) is 5.38. The fraction of sp³-hybridized carbons (Fsp3) is 0.368. The highest BCUT2D eigenvalue weighted by Crippen LogP contribution is 2.27. The Labute approximate surface area is 154 Å². The molecule has 3 rings (SSSR count). The van der Waals surface area contributed by atoms with Crippen LogP contribution in [-0.2, 0) is 10.0 Å². The van der Waals surface area contributed by atoms with E-state index in [4.69, 9.17) is 0 Å². The maximum atomic E-state index is 13.0. The second kappa shape index (κ2) is 7.55. The molecule has 1 N–H and O–H groups in total. The number of nitrogens with zero attached hydrogens (tertiary/aromatic N) is 2. The van der Waals surface area contributed by atoms with Crippen LogP contribution in [0.1, 0.15) is 30.6 Å². The molecule has 2 unspecified atom stereocenters. The minimum absolute atomic E-state index is 0.151. The number of piperidine rings is 1. The molecule has 1 aromatic heterocycles. The van der Waals surface area contributed by atoms with Gasteiger partial charge in [0, 0.05) is 24.8 Å². The van der Waals surface area contributed by atoms with Crippen LogP contribution in [0.25, 0.3) is 0 Å². The summed E-state index contributed by atoms with van der Waals surface area (Å²) < 4.78 is 27.5. The first kappa shape index (κ1) is 18.5. The van der Waals surface area contributed by atoms with Gasteiger partial charge in [0.05, 0.1) is 16.8 Å². The van der Waals surface area contributed by atoms with E-state index in [1.54, 1.807) is 36.5 Å². The molecule has 1 aliphatic heterocycles. The molecule has 1 saturated heterocycles. The first-order valence-corrected chi connectivity index (χ1v) is 10.1. The fourth-order valence-corrected chi connectivity index (χ4v) is 5.11. The molecule has 0 spiro atoms. The molecule has 2 heterocycles. The molecule has 2 atom stereocenters. The maximum absolute atomic E-state index is 13.0. The van der Waals surface area contributed by atoms with Gasteiger partial charge in [-0.1, -0.05) is 19.9 Å². The van der Waals surface area contributed by atoms with Gasteiger partial charge < -0.3 is 5.32 Å². The fourth-order valence-electron chi connectivity index (χ4n) is 3.39. The monoisotopic (exact) mass is 373 g/mol. The Balaban J connectivity index is 1.83. The lowest BCUT2D eigenvalue weighted by atomic mass is 9.94. The van der Waals surface area contributed by atoms with Gasteiger partial charge in [0.15, 0.2) is 0 Å². The van der Waals surface area contributed by atoms with Crippen molar-refractivity contribution in [1.29, 1.82) is 0 Å². The van der Waals surface area contributed by atoms with Crippen molar-refractivity contribution in [2.45, 2.75) is 25.2 Å². The Morgan fingerprint density at radius 3 is 2.54 bits per heavy atom. The quantitative estimate of drug-likeness (QED) is 0.893. The summed E-state index contributed by atoms with van der Waals surface area (Å²) in [6.07, 6.45) is 4.18. The van der Waals surface area contributed by atoms with Gasteiger partial charge in [0.1, 0.15) is 0 Å². The van der Waals surface area contributed by atoms with Crippen molar-refractivity contribution >= 4 is 21.6 Å². The van der Waals surface area contributed by atoms with Crippen LogP contribution < -0.4 is 5.32 Å². The van der Waals surface area contributed by atoms with E-state index in [0.29, 0.717) is 36.2 Å². The van der Waals surface area contributed by atoms with E-state index in [0.717, 1.165) is 6.42 Å². The second-order valence-electron chi connectivity index (χ2n) is 6.99. The summed E-state index contributed by atoms with van der Waals surface area (Å²) in [5.41, 5.74) is 0.859. The number of rotatable bonds is 4. The number of hydrogen-bond acceptors (Lipinski definition) is 4. The van der Waals surface area contributed by atoms with Crippen LogP contribution in [0.5, 0.6) is 0 Å². The predicted octanol–water partition coefficient (Wildman–Crippen LogP) is 3.00. The average Bonchev–Trinajstić information content (AvgIpc) is 2.62. The number of carbonyl (C=O) groups is 1. The molecule has 0 radical (unpaired) electrons. The normalized spacial score (nSPS) is 21.3. The van der Waals surface area contributed by atoms with Gasteiger partial charge in [-0.2, -0.15) is 4.31 Å². The number of carbonyl (C=O) groups excluding carboxylic acids is 1. The topological polar surface area (TPSA) is 79.4 Å². The summed E-state index contributed by atoms with van der Waals surface area (Å²) >= 11 is 0. The Morgan fingerprint density at radius 1 is 1.15 bits per heavy atom. The number of pyridine rings is 1. The van der Waals surface area contributed by atoms with Crippen molar-refractivity contribution in [1.82, 2.24) is 9.29 Å². The molecule has 2 aromatic rings. The highest BCUT2D eigenvalue weighted by Gasteiger charge is 2.31. The van der Waals surface area contributed by atoms with Crippen molar-refractivity contribution in [2.24, 2.45) is 11.8 Å². The standard InChI is InChI=1S/C19H23N3O3S/c1-14-9-15(2)13-22(12-14)26(24,25)18-7-3-5-16(10-18)19(23)21-17-6-4-8-20-11-17/h3-8,10-11,14-15H,9,12-13H2,1-2H3,(H,21,23). The third-order valence-corrected chi connectivity index (χ3v) is 6.32. The Morgan fingerprint density at radius 2 is 1.88 bits per heavy atom. The zero-order valence-corrected chi connectivity index (χ0v) is 15.7. The van der Waals surface area contributed by atoms with Crippen molar-refractivity contribution in [3.63, 3.8) is 0 Å². The lowest BCUT2D eigenvalue weighted by Crippen LogP contribution is -2.42. The summed E-state index contributed by atoms with van der Waals surface area (Å²) in [7, 11) is -3.62. The Hall–Kier alpha value is -2.25. The first-order valence-electron chi connectivity index (χ1n) is 8.68. The third-order valence-electron chi connectivity index (χ3n) is 4.49. The maximum Gasteiger partial charge on any atom is 0.255 e. The van der Waals surface area contributed by atoms with Crippen LogP contribution in [0.15, 0.2) is 53.7 Å². The van der Waals surface area contributed by atoms with Crippen LogP contribution in [0.4, 0.5) is 5.69 Å². The predicted molar refractivity (Wildman–Crippen MR) is 100 cm³/mol. The van der Waals surface area contributed by atoms with Crippen molar-refractivity contribution in [2.75, 3.05) is 18.4 Å². The van der Waals surface area contributed by atoms with E-state index < -0.39 is 10.0 Å². The lowest BCUT2D eigenvalue weighted by Gasteiger charge is -2.34. The number of benzene rings is 1. The van der Waals surface area contributed by atoms with Gasteiger partial charge in [-0.3, -0.25) is 9.78 Å². The molecule has 1 fully saturated rings. The van der Waals surface area contributed by atoms with Gasteiger partial charge in [0.25, 0.3) is 5.91 Å². The van der Waals surface area contributed by atoms with Crippen molar-refractivity contribution in [3.05, 3.63) is 54.4 Å². The molecular formula is C19H23N3O3S. The molecular weight excluding hydrogens is 350 g/mol. The minimum atomic E-state index is -3.62. The Bertz CT molecular complexity index is 874. The van der Waals surface area contributed by atoms with E-state index in [1.165, 1.54) is 16.6 Å². The summed E-state index contributed by atoms with van der Waals surface area (Å²) in [4.78, 5) is 16.5. The smallest absolute Gasteiger partial charge is 0.255 e. The zero-order chi connectivity index (χ0) is 18.7. The molecule has 6 nitrogen and oxygen atoms in total.